The molecule has 0 fully saturated rings. The van der Waals surface area contributed by atoms with E-state index in [4.69, 9.17) is 10.8 Å². The highest BCUT2D eigenvalue weighted by atomic mass is 16.4. The summed E-state index contributed by atoms with van der Waals surface area (Å²) in [6.07, 6.45) is 3.03. The molecule has 0 aromatic heterocycles. The van der Waals surface area contributed by atoms with Crippen molar-refractivity contribution in [2.45, 2.75) is 71.4 Å². The molecule has 0 saturated heterocycles. The van der Waals surface area contributed by atoms with Crippen molar-refractivity contribution in [1.82, 2.24) is 0 Å². The summed E-state index contributed by atoms with van der Waals surface area (Å²) in [5, 5.41) is 19.5. The Labute approximate surface area is 104 Å². The van der Waals surface area contributed by atoms with E-state index in [-0.39, 0.29) is 0 Å². The monoisotopic (exact) mass is 245 g/mol. The number of rotatable bonds is 8. The molecule has 0 aliphatic heterocycles. The van der Waals surface area contributed by atoms with Crippen LogP contribution in [0, 0.1) is 5.41 Å². The normalized spacial score (nSPS) is 14.7. The van der Waals surface area contributed by atoms with Gasteiger partial charge in [-0.15, -0.1) is 0 Å². The van der Waals surface area contributed by atoms with Gasteiger partial charge < -0.3 is 15.9 Å². The third-order valence-corrected chi connectivity index (χ3v) is 4.33. The van der Waals surface area contributed by atoms with Gasteiger partial charge in [-0.05, 0) is 37.5 Å². The Morgan fingerprint density at radius 1 is 1.12 bits per heavy atom. The van der Waals surface area contributed by atoms with Crippen LogP contribution < -0.4 is 5.73 Å². The number of aliphatic hydroxyl groups is 1. The second-order valence-electron chi connectivity index (χ2n) is 4.99. The van der Waals surface area contributed by atoms with Crippen molar-refractivity contribution in [1.29, 1.82) is 0 Å². The maximum atomic E-state index is 11.1. The first-order valence-corrected chi connectivity index (χ1v) is 6.51. The molecule has 1 atom stereocenters. The fraction of sp³-hybridized carbons (Fsp3) is 0.923. The lowest BCUT2D eigenvalue weighted by Gasteiger charge is -2.41. The first-order chi connectivity index (χ1) is 7.80. The molecule has 0 saturated carbocycles. The SMILES string of the molecule is CCC(O)(CC)CC(CC)(CC)C(N)C(=O)O. The molecule has 0 aromatic rings. The number of hydrogen-bond acceptors (Lipinski definition) is 3. The van der Waals surface area contributed by atoms with Gasteiger partial charge >= 0.3 is 5.97 Å². The van der Waals surface area contributed by atoms with E-state index in [1.807, 2.05) is 27.7 Å². The summed E-state index contributed by atoms with van der Waals surface area (Å²) in [5.41, 5.74) is 4.50. The second kappa shape index (κ2) is 6.36. The molecule has 0 rings (SSSR count). The molecule has 0 aliphatic rings. The lowest BCUT2D eigenvalue weighted by atomic mass is 9.67. The van der Waals surface area contributed by atoms with Gasteiger partial charge in [0.05, 0.1) is 5.60 Å². The highest BCUT2D eigenvalue weighted by Gasteiger charge is 2.43. The van der Waals surface area contributed by atoms with Gasteiger partial charge in [-0.3, -0.25) is 4.79 Å². The van der Waals surface area contributed by atoms with E-state index in [2.05, 4.69) is 0 Å². The predicted octanol–water partition coefficient (Wildman–Crippen LogP) is 2.15. The molecule has 0 radical (unpaired) electrons. The standard InChI is InChI=1S/C13H27NO3/c1-5-12(6-2,10(14)11(15)16)9-13(17,7-3)8-4/h10,17H,5-9,14H2,1-4H3,(H,15,16). The molecule has 0 bridgehead atoms. The molecule has 102 valence electrons. The summed E-state index contributed by atoms with van der Waals surface area (Å²) in [7, 11) is 0. The molecule has 0 aromatic carbocycles. The van der Waals surface area contributed by atoms with Crippen LogP contribution >= 0.6 is 0 Å². The Hall–Kier alpha value is -0.610. The van der Waals surface area contributed by atoms with Crippen LogP contribution in [0.2, 0.25) is 0 Å². The van der Waals surface area contributed by atoms with Gasteiger partial charge in [-0.1, -0.05) is 27.7 Å². The van der Waals surface area contributed by atoms with E-state index >= 15 is 0 Å². The van der Waals surface area contributed by atoms with Crippen LogP contribution in [0.5, 0.6) is 0 Å². The van der Waals surface area contributed by atoms with Gasteiger partial charge in [0, 0.05) is 0 Å². The number of carboxylic acid groups (broad SMARTS) is 1. The minimum atomic E-state index is -0.983. The maximum Gasteiger partial charge on any atom is 0.321 e. The zero-order valence-corrected chi connectivity index (χ0v) is 11.5. The van der Waals surface area contributed by atoms with E-state index in [0.29, 0.717) is 32.1 Å². The Bertz CT molecular complexity index is 245. The first-order valence-electron chi connectivity index (χ1n) is 6.51. The quantitative estimate of drug-likeness (QED) is 0.612. The number of carbonyl (C=O) groups is 1. The van der Waals surface area contributed by atoms with Crippen LogP contribution in [0.1, 0.15) is 59.8 Å². The third kappa shape index (κ3) is 3.68. The Morgan fingerprint density at radius 3 is 1.76 bits per heavy atom. The van der Waals surface area contributed by atoms with E-state index in [1.54, 1.807) is 0 Å². The molecular weight excluding hydrogens is 218 g/mol. The molecule has 4 heteroatoms. The van der Waals surface area contributed by atoms with Crippen molar-refractivity contribution < 1.29 is 15.0 Å². The minimum absolute atomic E-state index is 0.452. The molecule has 0 aliphatic carbocycles. The van der Waals surface area contributed by atoms with Crippen LogP contribution in [0.15, 0.2) is 0 Å². The van der Waals surface area contributed by atoms with Crippen molar-refractivity contribution in [2.75, 3.05) is 0 Å². The van der Waals surface area contributed by atoms with Crippen LogP contribution in [0.4, 0.5) is 0 Å². The van der Waals surface area contributed by atoms with Gasteiger partial charge in [-0.2, -0.15) is 0 Å². The summed E-state index contributed by atoms with van der Waals surface area (Å²) in [4.78, 5) is 11.1. The summed E-state index contributed by atoms with van der Waals surface area (Å²) >= 11 is 0. The van der Waals surface area contributed by atoms with Gasteiger partial charge in [0.25, 0.3) is 0 Å². The first kappa shape index (κ1) is 16.4. The van der Waals surface area contributed by atoms with Crippen LogP contribution in [-0.4, -0.2) is 27.8 Å². The Balaban J connectivity index is 5.14. The Kier molecular flexibility index (Phi) is 6.13. The topological polar surface area (TPSA) is 83.5 Å². The summed E-state index contributed by atoms with van der Waals surface area (Å²) in [6, 6.07) is -0.915. The molecular formula is C13H27NO3. The number of aliphatic carboxylic acids is 1. The number of hydrogen-bond donors (Lipinski definition) is 3. The van der Waals surface area contributed by atoms with Gasteiger partial charge in [-0.25, -0.2) is 0 Å². The largest absolute Gasteiger partial charge is 0.480 e. The van der Waals surface area contributed by atoms with Crippen molar-refractivity contribution in [3.05, 3.63) is 0 Å². The van der Waals surface area contributed by atoms with Crippen molar-refractivity contribution >= 4 is 5.97 Å². The lowest BCUT2D eigenvalue weighted by molar-refractivity contribution is -0.144. The highest BCUT2D eigenvalue weighted by molar-refractivity contribution is 5.74. The van der Waals surface area contributed by atoms with Gasteiger partial charge in [0.15, 0.2) is 0 Å². The highest BCUT2D eigenvalue weighted by Crippen LogP contribution is 2.40. The lowest BCUT2D eigenvalue weighted by Crippen LogP contribution is -2.51. The fourth-order valence-corrected chi connectivity index (χ4v) is 2.47. The van der Waals surface area contributed by atoms with E-state index < -0.39 is 23.0 Å². The molecule has 17 heavy (non-hydrogen) atoms. The summed E-state index contributed by atoms with van der Waals surface area (Å²) in [6.45, 7) is 7.73. The van der Waals surface area contributed by atoms with E-state index in [1.165, 1.54) is 0 Å². The van der Waals surface area contributed by atoms with Crippen molar-refractivity contribution in [3.8, 4) is 0 Å². The average molecular weight is 245 g/mol. The zero-order chi connectivity index (χ0) is 13.7. The molecule has 0 spiro atoms. The molecule has 4 nitrogen and oxygen atoms in total. The average Bonchev–Trinajstić information content (AvgIpc) is 2.35. The van der Waals surface area contributed by atoms with Crippen molar-refractivity contribution in [2.24, 2.45) is 11.1 Å². The van der Waals surface area contributed by atoms with Crippen LogP contribution in [-0.2, 0) is 4.79 Å². The van der Waals surface area contributed by atoms with Crippen molar-refractivity contribution in [3.63, 3.8) is 0 Å². The summed E-state index contributed by atoms with van der Waals surface area (Å²) in [5.74, 6) is -0.983. The minimum Gasteiger partial charge on any atom is -0.480 e. The van der Waals surface area contributed by atoms with Crippen LogP contribution in [0.3, 0.4) is 0 Å². The smallest absolute Gasteiger partial charge is 0.321 e. The van der Waals surface area contributed by atoms with Gasteiger partial charge in [0.2, 0.25) is 0 Å². The molecule has 0 amide bonds. The molecule has 0 heterocycles. The molecule has 4 N–H and O–H groups in total. The van der Waals surface area contributed by atoms with E-state index in [0.717, 1.165) is 0 Å². The number of nitrogens with two attached hydrogens (primary N) is 1. The zero-order valence-electron chi connectivity index (χ0n) is 11.5. The summed E-state index contributed by atoms with van der Waals surface area (Å²) < 4.78 is 0. The molecule has 1 unspecified atom stereocenters. The van der Waals surface area contributed by atoms with Crippen LogP contribution in [0.25, 0.3) is 0 Å². The second-order valence-corrected chi connectivity index (χ2v) is 4.99. The fourth-order valence-electron chi connectivity index (χ4n) is 2.47. The maximum absolute atomic E-state index is 11.1. The third-order valence-electron chi connectivity index (χ3n) is 4.33. The predicted molar refractivity (Wildman–Crippen MR) is 68.8 cm³/mol. The number of carboxylic acids is 1. The Morgan fingerprint density at radius 2 is 1.53 bits per heavy atom. The van der Waals surface area contributed by atoms with E-state index in [9.17, 15) is 9.90 Å². The van der Waals surface area contributed by atoms with Gasteiger partial charge in [0.1, 0.15) is 6.04 Å².